The molecule has 2 atom stereocenters. The normalized spacial score (nSPS) is 13.5. The van der Waals surface area contributed by atoms with Gasteiger partial charge < -0.3 is 15.5 Å². The Morgan fingerprint density at radius 2 is 0.875 bits per heavy atom. The molecule has 0 aromatic carbocycles. The van der Waals surface area contributed by atoms with Crippen LogP contribution in [0.2, 0.25) is 0 Å². The molecule has 1 amide bonds. The van der Waals surface area contributed by atoms with Crippen molar-refractivity contribution < 1.29 is 15.0 Å². The fourth-order valence-corrected chi connectivity index (χ4v) is 6.05. The second-order valence-electron chi connectivity index (χ2n) is 14.0. The number of unbranched alkanes of at least 4 members (excludes halogenated alkanes) is 24. The Balaban J connectivity index is 3.63. The van der Waals surface area contributed by atoms with Gasteiger partial charge in [0.05, 0.1) is 18.8 Å². The molecule has 0 bridgehead atoms. The third kappa shape index (κ3) is 35.7. The van der Waals surface area contributed by atoms with Gasteiger partial charge in [0.25, 0.3) is 0 Å². The van der Waals surface area contributed by atoms with Gasteiger partial charge in [0.2, 0.25) is 5.91 Å². The van der Waals surface area contributed by atoms with E-state index in [1.807, 2.05) is 6.08 Å². The van der Waals surface area contributed by atoms with Gasteiger partial charge in [-0.05, 0) is 64.2 Å². The number of carbonyl (C=O) groups excluding carboxylic acids is 1. The van der Waals surface area contributed by atoms with Gasteiger partial charge >= 0.3 is 0 Å². The molecule has 0 aromatic rings. The summed E-state index contributed by atoms with van der Waals surface area (Å²) >= 11 is 0. The molecule has 4 heteroatoms. The van der Waals surface area contributed by atoms with Crippen LogP contribution in [0, 0.1) is 0 Å². The van der Waals surface area contributed by atoms with E-state index in [9.17, 15) is 15.0 Å². The van der Waals surface area contributed by atoms with Crippen molar-refractivity contribution in [1.29, 1.82) is 0 Å². The van der Waals surface area contributed by atoms with Crippen LogP contribution >= 0.6 is 0 Å². The topological polar surface area (TPSA) is 69.6 Å². The zero-order valence-corrected chi connectivity index (χ0v) is 32.0. The van der Waals surface area contributed by atoms with Gasteiger partial charge in [-0.25, -0.2) is 0 Å². The number of carbonyl (C=O) groups is 1. The average Bonchev–Trinajstić information content (AvgIpc) is 3.09. The number of rotatable bonds is 37. The first kappa shape index (κ1) is 46.4. The molecule has 0 aromatic heterocycles. The van der Waals surface area contributed by atoms with E-state index in [1.54, 1.807) is 6.08 Å². The van der Waals surface area contributed by atoms with Gasteiger partial charge in [0.15, 0.2) is 0 Å². The highest BCUT2D eigenvalue weighted by Gasteiger charge is 2.17. The summed E-state index contributed by atoms with van der Waals surface area (Å²) in [6.07, 6.45) is 53.5. The van der Waals surface area contributed by atoms with Crippen LogP contribution in [0.15, 0.2) is 48.6 Å². The molecular weight excluding hydrogens is 590 g/mol. The summed E-state index contributed by atoms with van der Waals surface area (Å²) in [5.41, 5.74) is 0. The van der Waals surface area contributed by atoms with Crippen molar-refractivity contribution in [3.8, 4) is 0 Å². The zero-order valence-electron chi connectivity index (χ0n) is 32.0. The molecule has 0 aliphatic rings. The Morgan fingerprint density at radius 3 is 1.33 bits per heavy atom. The van der Waals surface area contributed by atoms with Crippen LogP contribution in [0.25, 0.3) is 0 Å². The van der Waals surface area contributed by atoms with Crippen LogP contribution in [-0.4, -0.2) is 34.9 Å². The van der Waals surface area contributed by atoms with Crippen LogP contribution in [0.1, 0.15) is 206 Å². The molecule has 0 aliphatic heterocycles. The molecule has 48 heavy (non-hydrogen) atoms. The lowest BCUT2D eigenvalue weighted by Gasteiger charge is -2.19. The van der Waals surface area contributed by atoms with Crippen molar-refractivity contribution in [1.82, 2.24) is 5.32 Å². The summed E-state index contributed by atoms with van der Waals surface area (Å²) in [5, 5.41) is 22.9. The first-order chi connectivity index (χ1) is 23.7. The first-order valence-electron chi connectivity index (χ1n) is 20.9. The molecule has 4 nitrogen and oxygen atoms in total. The standard InChI is InChI=1S/C44H81NO3/c1-3-5-7-9-11-13-15-17-18-19-20-21-22-23-24-25-26-28-30-32-34-36-38-40-44(48)45-42(41-46)43(47)39-37-35-33-31-29-27-16-14-12-10-8-6-4-2/h20-21,23-24,29,31,37,39,42-43,46-47H,3-19,22,25-28,30,32-36,38,40-41H2,1-2H3,(H,45,48)/b21-20-,24-23-,31-29+,39-37+. The second-order valence-corrected chi connectivity index (χ2v) is 14.0. The van der Waals surface area contributed by atoms with E-state index in [0.717, 1.165) is 44.9 Å². The van der Waals surface area contributed by atoms with Gasteiger partial charge in [-0.2, -0.15) is 0 Å². The molecule has 3 N–H and O–H groups in total. The molecule has 2 unspecified atom stereocenters. The lowest BCUT2D eigenvalue weighted by atomic mass is 10.1. The van der Waals surface area contributed by atoms with Gasteiger partial charge in [-0.1, -0.05) is 184 Å². The fraction of sp³-hybridized carbons (Fsp3) is 0.795. The van der Waals surface area contributed by atoms with Crippen LogP contribution in [0.4, 0.5) is 0 Å². The predicted molar refractivity (Wildman–Crippen MR) is 211 cm³/mol. The summed E-state index contributed by atoms with van der Waals surface area (Å²) < 4.78 is 0. The highest BCUT2D eigenvalue weighted by atomic mass is 16.3. The average molecular weight is 672 g/mol. The van der Waals surface area contributed by atoms with Crippen molar-refractivity contribution in [2.45, 2.75) is 219 Å². The Hall–Kier alpha value is -1.65. The van der Waals surface area contributed by atoms with Crippen LogP contribution in [0.3, 0.4) is 0 Å². The molecule has 0 heterocycles. The highest BCUT2D eigenvalue weighted by molar-refractivity contribution is 5.76. The lowest BCUT2D eigenvalue weighted by Crippen LogP contribution is -2.45. The van der Waals surface area contributed by atoms with Gasteiger partial charge in [-0.15, -0.1) is 0 Å². The molecule has 0 radical (unpaired) electrons. The van der Waals surface area contributed by atoms with Crippen molar-refractivity contribution >= 4 is 5.91 Å². The summed E-state index contributed by atoms with van der Waals surface area (Å²) in [6.45, 7) is 4.28. The molecular formula is C44H81NO3. The van der Waals surface area contributed by atoms with Crippen LogP contribution < -0.4 is 5.32 Å². The largest absolute Gasteiger partial charge is 0.394 e. The number of amides is 1. The van der Waals surface area contributed by atoms with Gasteiger partial charge in [0.1, 0.15) is 0 Å². The van der Waals surface area contributed by atoms with Gasteiger partial charge in [0, 0.05) is 6.42 Å². The van der Waals surface area contributed by atoms with Crippen LogP contribution in [0.5, 0.6) is 0 Å². The third-order valence-corrected chi connectivity index (χ3v) is 9.28. The maximum absolute atomic E-state index is 12.3. The second kappa shape index (κ2) is 39.8. The van der Waals surface area contributed by atoms with E-state index >= 15 is 0 Å². The number of aliphatic hydroxyl groups is 2. The Labute approximate surface area is 299 Å². The molecule has 0 aliphatic carbocycles. The molecule has 0 spiro atoms. The minimum absolute atomic E-state index is 0.0834. The number of hydrogen-bond acceptors (Lipinski definition) is 3. The van der Waals surface area contributed by atoms with E-state index in [2.05, 4.69) is 55.6 Å². The fourth-order valence-electron chi connectivity index (χ4n) is 6.05. The summed E-state index contributed by atoms with van der Waals surface area (Å²) in [7, 11) is 0. The minimum atomic E-state index is -0.865. The maximum Gasteiger partial charge on any atom is 0.220 e. The number of aliphatic hydroxyl groups excluding tert-OH is 2. The molecule has 0 saturated carbocycles. The van der Waals surface area contributed by atoms with E-state index in [0.29, 0.717) is 6.42 Å². The molecule has 0 fully saturated rings. The monoisotopic (exact) mass is 672 g/mol. The Bertz CT molecular complexity index is 771. The van der Waals surface area contributed by atoms with E-state index in [1.165, 1.54) is 141 Å². The zero-order chi connectivity index (χ0) is 35.0. The maximum atomic E-state index is 12.3. The Kier molecular flexibility index (Phi) is 38.4. The molecule has 0 rings (SSSR count). The summed E-state index contributed by atoms with van der Waals surface area (Å²) in [4.78, 5) is 12.3. The van der Waals surface area contributed by atoms with Crippen molar-refractivity contribution in [2.75, 3.05) is 6.61 Å². The van der Waals surface area contributed by atoms with E-state index in [-0.39, 0.29) is 12.5 Å². The Morgan fingerprint density at radius 1 is 0.500 bits per heavy atom. The lowest BCUT2D eigenvalue weighted by molar-refractivity contribution is -0.123. The van der Waals surface area contributed by atoms with Crippen LogP contribution in [-0.2, 0) is 4.79 Å². The highest BCUT2D eigenvalue weighted by Crippen LogP contribution is 2.13. The smallest absolute Gasteiger partial charge is 0.220 e. The van der Waals surface area contributed by atoms with Crippen molar-refractivity contribution in [3.63, 3.8) is 0 Å². The predicted octanol–water partition coefficient (Wildman–Crippen LogP) is 12.8. The van der Waals surface area contributed by atoms with Crippen molar-refractivity contribution in [2.24, 2.45) is 0 Å². The third-order valence-electron chi connectivity index (χ3n) is 9.28. The SMILES string of the molecule is CCCCCCCCC/C=C/CC/C=C/C(O)C(CO)NC(=O)CCCCCCCCC/C=C\C/C=C\CCCCCCCCCCC. The van der Waals surface area contributed by atoms with E-state index in [4.69, 9.17) is 0 Å². The van der Waals surface area contributed by atoms with E-state index < -0.39 is 12.1 Å². The quantitative estimate of drug-likeness (QED) is 0.0455. The van der Waals surface area contributed by atoms with Gasteiger partial charge in [-0.3, -0.25) is 4.79 Å². The minimum Gasteiger partial charge on any atom is -0.394 e. The molecule has 280 valence electrons. The number of allylic oxidation sites excluding steroid dienone is 7. The summed E-state index contributed by atoms with van der Waals surface area (Å²) in [6, 6.07) is -0.642. The number of nitrogens with one attached hydrogen (secondary N) is 1. The molecule has 0 saturated heterocycles. The summed E-state index contributed by atoms with van der Waals surface area (Å²) in [5.74, 6) is -0.0834. The first-order valence-corrected chi connectivity index (χ1v) is 20.9. The number of hydrogen-bond donors (Lipinski definition) is 3. The van der Waals surface area contributed by atoms with Crippen molar-refractivity contribution in [3.05, 3.63) is 48.6 Å².